The fraction of sp³-hybridized carbons (Fsp3) is 0.292. The van der Waals surface area contributed by atoms with E-state index in [4.69, 9.17) is 30.9 Å². The molecule has 1 saturated heterocycles. The number of furan rings is 1. The van der Waals surface area contributed by atoms with Gasteiger partial charge in [-0.05, 0) is 36.6 Å². The molecule has 1 fully saturated rings. The van der Waals surface area contributed by atoms with Crippen LogP contribution in [-0.2, 0) is 22.7 Å². The molecule has 0 aliphatic carbocycles. The van der Waals surface area contributed by atoms with E-state index in [2.05, 4.69) is 6.42 Å². The fourth-order valence-corrected chi connectivity index (χ4v) is 2.95. The van der Waals surface area contributed by atoms with Crippen LogP contribution in [-0.4, -0.2) is 57.5 Å². The van der Waals surface area contributed by atoms with E-state index in [9.17, 15) is 14.4 Å². The standard InChI is InChI=1S/C8H10O3.C8H8O2.C6H6O3.C2H.H2O.2H2/c9-5-7-1-2-8(6-10,11-7)4-3-7;9-5-7-1-2-8(6-10)4-3-7;7-3-5-1-2-6(4-8)9-5;1-2;;;/h1-2,5,10H,3-4,6H2;1-5,10H,6H2;1-3,8H,4H2;1H;1H2;2*1H/q;;;+1;;;. The molecule has 2 unspecified atom stereocenters. The average molecular weight is 464 g/mol. The van der Waals surface area contributed by atoms with E-state index in [1.54, 1.807) is 42.5 Å². The molecule has 1 aromatic carbocycles. The van der Waals surface area contributed by atoms with E-state index in [1.165, 1.54) is 6.07 Å². The molecule has 0 radical (unpaired) electrons. The van der Waals surface area contributed by atoms with Crippen molar-refractivity contribution in [3.8, 4) is 6.42 Å². The molecule has 0 amide bonds. The van der Waals surface area contributed by atoms with Gasteiger partial charge in [0.25, 0.3) is 0 Å². The van der Waals surface area contributed by atoms with Crippen molar-refractivity contribution in [1.29, 1.82) is 0 Å². The largest absolute Gasteiger partial charge is 0 e. The Morgan fingerprint density at radius 2 is 1.61 bits per heavy atom. The van der Waals surface area contributed by atoms with Crippen LogP contribution in [0.4, 0.5) is 0 Å². The topological polar surface area (TPSA) is 166 Å². The number of carbonyl (C=O) groups excluding carboxylic acids is 3. The van der Waals surface area contributed by atoms with Crippen LogP contribution in [0, 0.1) is 12.8 Å². The Bertz CT molecular complexity index is 925. The van der Waals surface area contributed by atoms with Crippen molar-refractivity contribution in [2.24, 2.45) is 0 Å². The molecule has 33 heavy (non-hydrogen) atoms. The summed E-state index contributed by atoms with van der Waals surface area (Å²) < 4.78 is 10.2. The van der Waals surface area contributed by atoms with Gasteiger partial charge in [-0.3, -0.25) is 14.4 Å². The number of aliphatic hydroxyl groups excluding tert-OH is 3. The molecule has 0 saturated carbocycles. The van der Waals surface area contributed by atoms with Crippen molar-refractivity contribution in [3.05, 3.63) is 77.6 Å². The molecule has 0 spiro atoms. The van der Waals surface area contributed by atoms with Gasteiger partial charge in [0.2, 0.25) is 0 Å². The van der Waals surface area contributed by atoms with Gasteiger partial charge in [-0.15, -0.1) is 0 Å². The number of fused-ring (bicyclic) bond motifs is 2. The second-order valence-electron chi connectivity index (χ2n) is 6.83. The third-order valence-corrected chi connectivity index (χ3v) is 4.72. The number of aliphatic hydroxyl groups is 3. The smallest absolute Gasteiger partial charge is 0 e. The molecule has 2 aromatic rings. The Kier molecular flexibility index (Phi) is 13.4. The summed E-state index contributed by atoms with van der Waals surface area (Å²) in [5.41, 5.74) is 0.215. The zero-order valence-corrected chi connectivity index (χ0v) is 17.8. The summed E-state index contributed by atoms with van der Waals surface area (Å²) in [6, 6.07) is 9.88. The van der Waals surface area contributed by atoms with Crippen molar-refractivity contribution >= 4 is 18.9 Å². The summed E-state index contributed by atoms with van der Waals surface area (Å²) in [6.07, 6.45) is 16.2. The predicted octanol–water partition coefficient (Wildman–Crippen LogP) is 1.48. The molecule has 9 nitrogen and oxygen atoms in total. The minimum Gasteiger partial charge on any atom is 0 e. The summed E-state index contributed by atoms with van der Waals surface area (Å²) in [5, 5.41) is 26.0. The molecule has 4 rings (SSSR count). The molecular formula is C24H31O9+. The quantitative estimate of drug-likeness (QED) is 0.251. The van der Waals surface area contributed by atoms with Gasteiger partial charge in [-0.2, -0.15) is 0 Å². The number of aldehydes is 3. The Morgan fingerprint density at radius 3 is 1.91 bits per heavy atom. The van der Waals surface area contributed by atoms with Gasteiger partial charge in [0.1, 0.15) is 29.9 Å². The van der Waals surface area contributed by atoms with Crippen LogP contribution in [0.25, 0.3) is 0 Å². The Hall–Kier alpha value is -3.17. The second kappa shape index (κ2) is 14.8. The zero-order valence-electron chi connectivity index (χ0n) is 17.8. The normalized spacial score (nSPS) is 21.1. The summed E-state index contributed by atoms with van der Waals surface area (Å²) in [5.74, 6) is 0.663. The molecule has 2 bridgehead atoms. The van der Waals surface area contributed by atoms with E-state index in [0.717, 1.165) is 24.6 Å². The fourth-order valence-electron chi connectivity index (χ4n) is 2.95. The van der Waals surface area contributed by atoms with Crippen LogP contribution < -0.4 is 0 Å². The van der Waals surface area contributed by atoms with E-state index in [1.807, 2.05) is 0 Å². The van der Waals surface area contributed by atoms with Crippen molar-refractivity contribution in [3.63, 3.8) is 0 Å². The number of ether oxygens (including phenoxy) is 1. The number of terminal acetylenes is 1. The number of carbonyl (C=O) groups is 3. The monoisotopic (exact) mass is 463 g/mol. The average Bonchev–Trinajstić information content (AvgIpc) is 3.60. The summed E-state index contributed by atoms with van der Waals surface area (Å²) >= 11 is 0. The van der Waals surface area contributed by atoms with Gasteiger partial charge in [-0.1, -0.05) is 30.3 Å². The maximum absolute atomic E-state index is 10.6. The van der Waals surface area contributed by atoms with Gasteiger partial charge in [-0.25, -0.2) is 0 Å². The Balaban J connectivity index is -0.000000408. The van der Waals surface area contributed by atoms with Crippen molar-refractivity contribution in [2.75, 3.05) is 6.61 Å². The van der Waals surface area contributed by atoms with Crippen LogP contribution in [0.5, 0.6) is 0 Å². The number of hydrogen-bond donors (Lipinski definition) is 3. The number of rotatable bonds is 6. The van der Waals surface area contributed by atoms with Crippen LogP contribution in [0.15, 0.2) is 53.0 Å². The number of hydrogen-bond acceptors (Lipinski definition) is 8. The first-order valence-electron chi connectivity index (χ1n) is 9.54. The first kappa shape index (κ1) is 29.8. The van der Waals surface area contributed by atoms with E-state index in [-0.39, 0.29) is 33.9 Å². The third-order valence-electron chi connectivity index (χ3n) is 4.72. The molecule has 1 aromatic heterocycles. The first-order chi connectivity index (χ1) is 15.5. The Morgan fingerprint density at radius 1 is 0.939 bits per heavy atom. The molecule has 2 aliphatic rings. The van der Waals surface area contributed by atoms with E-state index < -0.39 is 11.2 Å². The minimum atomic E-state index is -0.706. The molecule has 5 N–H and O–H groups in total. The first-order valence-corrected chi connectivity index (χ1v) is 9.54. The maximum atomic E-state index is 10.6. The zero-order chi connectivity index (χ0) is 24.0. The van der Waals surface area contributed by atoms with E-state index in [0.29, 0.717) is 24.0 Å². The van der Waals surface area contributed by atoms with Gasteiger partial charge in [0.05, 0.1) is 13.2 Å². The third kappa shape index (κ3) is 8.36. The predicted molar refractivity (Wildman–Crippen MR) is 122 cm³/mol. The molecular weight excluding hydrogens is 432 g/mol. The molecule has 180 valence electrons. The van der Waals surface area contributed by atoms with Gasteiger partial charge >= 0.3 is 12.8 Å². The van der Waals surface area contributed by atoms with Crippen LogP contribution in [0.1, 0.15) is 47.9 Å². The van der Waals surface area contributed by atoms with Crippen molar-refractivity contribution in [1.82, 2.24) is 0 Å². The summed E-state index contributed by atoms with van der Waals surface area (Å²) in [6.45, 7) is -0.161. The molecule has 9 heteroatoms. The minimum absolute atomic E-state index is 0. The van der Waals surface area contributed by atoms with Gasteiger partial charge in [0.15, 0.2) is 18.3 Å². The molecule has 3 heterocycles. The summed E-state index contributed by atoms with van der Waals surface area (Å²) in [4.78, 5) is 30.7. The van der Waals surface area contributed by atoms with Crippen LogP contribution in [0.2, 0.25) is 0 Å². The van der Waals surface area contributed by atoms with E-state index >= 15 is 0 Å². The Labute approximate surface area is 194 Å². The maximum Gasteiger partial charge on any atom is 0 e. The van der Waals surface area contributed by atoms with Crippen molar-refractivity contribution < 1.29 is 47.2 Å². The van der Waals surface area contributed by atoms with Gasteiger partial charge < -0.3 is 29.9 Å². The number of benzene rings is 1. The molecule has 2 atom stereocenters. The SMILES string of the molecule is O.O=CC12C=CC(CO)(CC1)O2.O=Cc1ccc(CO)cc1.O=Cc1ccc(CO)o1.[C+]#C.[HH].[HH]. The van der Waals surface area contributed by atoms with Crippen molar-refractivity contribution in [2.45, 2.75) is 37.3 Å². The van der Waals surface area contributed by atoms with Crippen LogP contribution >= 0.6 is 0 Å². The van der Waals surface area contributed by atoms with Gasteiger partial charge in [0, 0.05) is 8.42 Å². The van der Waals surface area contributed by atoms with Crippen LogP contribution in [0.3, 0.4) is 0 Å². The second-order valence-corrected chi connectivity index (χ2v) is 6.83. The summed E-state index contributed by atoms with van der Waals surface area (Å²) in [7, 11) is 0. The molecule has 2 aliphatic heterocycles.